The average molecular weight is 300 g/mol. The van der Waals surface area contributed by atoms with E-state index in [0.29, 0.717) is 17.2 Å². The lowest BCUT2D eigenvalue weighted by molar-refractivity contribution is -0.385. The highest BCUT2D eigenvalue weighted by Crippen LogP contribution is 2.37. The minimum Gasteiger partial charge on any atom is -0.366 e. The number of nitrogens with two attached hydrogens (primary N) is 1. The number of hydrogen-bond donors (Lipinski definition) is 2. The van der Waals surface area contributed by atoms with Crippen molar-refractivity contribution in [3.63, 3.8) is 0 Å². The third kappa shape index (κ3) is 1.99. The fourth-order valence-corrected chi connectivity index (χ4v) is 2.58. The van der Waals surface area contributed by atoms with E-state index >= 15 is 0 Å². The Labute approximate surface area is 124 Å². The summed E-state index contributed by atoms with van der Waals surface area (Å²) in [7, 11) is 0. The van der Waals surface area contributed by atoms with Crippen LogP contribution in [0.25, 0.3) is 0 Å². The van der Waals surface area contributed by atoms with Crippen LogP contribution in [0.3, 0.4) is 0 Å². The van der Waals surface area contributed by atoms with E-state index in [0.717, 1.165) is 0 Å². The SMILES string of the molecule is CC1=C(C(N)=O)[C@H](c2ccccc2[N+](=O)[O-])n2ncnc2N1. The number of nitro groups is 1. The normalized spacial score (nSPS) is 16.9. The maximum atomic E-state index is 11.9. The number of primary amides is 1. The van der Waals surface area contributed by atoms with Crippen LogP contribution in [0.1, 0.15) is 18.5 Å². The molecule has 0 saturated heterocycles. The Bertz CT molecular complexity index is 810. The van der Waals surface area contributed by atoms with Gasteiger partial charge in [0.2, 0.25) is 11.9 Å². The van der Waals surface area contributed by atoms with E-state index in [4.69, 9.17) is 5.73 Å². The summed E-state index contributed by atoms with van der Waals surface area (Å²) < 4.78 is 1.41. The zero-order valence-corrected chi connectivity index (χ0v) is 11.6. The Balaban J connectivity index is 2.28. The predicted octanol–water partition coefficient (Wildman–Crippen LogP) is 0.961. The number of amides is 1. The summed E-state index contributed by atoms with van der Waals surface area (Å²) in [5.74, 6) is -0.278. The molecule has 0 aliphatic carbocycles. The number of nitro benzene ring substituents is 1. The van der Waals surface area contributed by atoms with Gasteiger partial charge in [-0.15, -0.1) is 0 Å². The van der Waals surface area contributed by atoms with E-state index in [1.165, 1.54) is 17.1 Å². The van der Waals surface area contributed by atoms with Crippen LogP contribution in [0.5, 0.6) is 0 Å². The molecule has 2 heterocycles. The molecule has 3 rings (SSSR count). The number of nitrogens with one attached hydrogen (secondary N) is 1. The van der Waals surface area contributed by atoms with Crippen LogP contribution in [0.15, 0.2) is 41.9 Å². The van der Waals surface area contributed by atoms with Crippen LogP contribution in [0, 0.1) is 10.1 Å². The Morgan fingerprint density at radius 3 is 2.86 bits per heavy atom. The molecule has 1 aromatic carbocycles. The molecular formula is C13H12N6O3. The molecule has 1 atom stereocenters. The van der Waals surface area contributed by atoms with Crippen LogP contribution in [-0.4, -0.2) is 25.6 Å². The number of aromatic nitrogens is 3. The molecule has 0 unspecified atom stereocenters. The lowest BCUT2D eigenvalue weighted by Crippen LogP contribution is -2.32. The van der Waals surface area contributed by atoms with Crippen molar-refractivity contribution in [1.29, 1.82) is 0 Å². The summed E-state index contributed by atoms with van der Waals surface area (Å²) in [5.41, 5.74) is 6.40. The maximum Gasteiger partial charge on any atom is 0.275 e. The van der Waals surface area contributed by atoms with Gasteiger partial charge in [-0.3, -0.25) is 14.9 Å². The number of hydrogen-bond acceptors (Lipinski definition) is 6. The molecule has 0 radical (unpaired) electrons. The van der Waals surface area contributed by atoms with E-state index in [1.54, 1.807) is 25.1 Å². The molecule has 9 heteroatoms. The molecule has 0 saturated carbocycles. The zero-order valence-electron chi connectivity index (χ0n) is 11.6. The van der Waals surface area contributed by atoms with E-state index in [2.05, 4.69) is 15.4 Å². The van der Waals surface area contributed by atoms with E-state index in [-0.39, 0.29) is 11.3 Å². The van der Waals surface area contributed by atoms with Gasteiger partial charge in [0.25, 0.3) is 5.69 Å². The Kier molecular flexibility index (Phi) is 3.09. The van der Waals surface area contributed by atoms with Crippen LogP contribution >= 0.6 is 0 Å². The van der Waals surface area contributed by atoms with Gasteiger partial charge in [-0.2, -0.15) is 10.1 Å². The van der Waals surface area contributed by atoms with Crippen LogP contribution in [-0.2, 0) is 4.79 Å². The van der Waals surface area contributed by atoms with E-state index < -0.39 is 16.9 Å². The number of para-hydroxylation sites is 1. The number of fused-ring (bicyclic) bond motifs is 1. The number of carbonyl (C=O) groups excluding carboxylic acids is 1. The van der Waals surface area contributed by atoms with Crippen molar-refractivity contribution in [2.45, 2.75) is 13.0 Å². The highest BCUT2D eigenvalue weighted by atomic mass is 16.6. The molecule has 2 aromatic rings. The summed E-state index contributed by atoms with van der Waals surface area (Å²) in [6, 6.07) is 5.39. The Morgan fingerprint density at radius 2 is 2.18 bits per heavy atom. The molecule has 22 heavy (non-hydrogen) atoms. The van der Waals surface area contributed by atoms with Crippen molar-refractivity contribution in [3.8, 4) is 0 Å². The molecule has 1 amide bonds. The van der Waals surface area contributed by atoms with E-state index in [1.807, 2.05) is 0 Å². The first-order valence-corrected chi connectivity index (χ1v) is 6.41. The molecular weight excluding hydrogens is 288 g/mol. The summed E-state index contributed by atoms with van der Waals surface area (Å²) in [6.45, 7) is 1.67. The van der Waals surface area contributed by atoms with Crippen molar-refractivity contribution >= 4 is 17.5 Å². The molecule has 1 aliphatic heterocycles. The van der Waals surface area contributed by atoms with Crippen LogP contribution in [0.2, 0.25) is 0 Å². The van der Waals surface area contributed by atoms with Gasteiger partial charge in [-0.05, 0) is 13.0 Å². The summed E-state index contributed by atoms with van der Waals surface area (Å²) in [5, 5.41) is 18.3. The predicted molar refractivity (Wildman–Crippen MR) is 76.8 cm³/mol. The first kappa shape index (κ1) is 13.7. The number of rotatable bonds is 3. The molecule has 3 N–H and O–H groups in total. The molecule has 0 fully saturated rings. The number of allylic oxidation sites excluding steroid dienone is 1. The van der Waals surface area contributed by atoms with Crippen molar-refractivity contribution in [1.82, 2.24) is 14.8 Å². The summed E-state index contributed by atoms with van der Waals surface area (Å²) >= 11 is 0. The zero-order chi connectivity index (χ0) is 15.9. The van der Waals surface area contributed by atoms with Crippen LogP contribution in [0.4, 0.5) is 11.6 Å². The van der Waals surface area contributed by atoms with Crippen molar-refractivity contribution in [2.75, 3.05) is 5.32 Å². The van der Waals surface area contributed by atoms with Crippen molar-refractivity contribution < 1.29 is 9.72 Å². The monoisotopic (exact) mass is 300 g/mol. The third-order valence-corrected chi connectivity index (χ3v) is 3.49. The minimum absolute atomic E-state index is 0.109. The van der Waals surface area contributed by atoms with Gasteiger partial charge in [-0.25, -0.2) is 4.68 Å². The Hall–Kier alpha value is -3.23. The number of nitrogens with zero attached hydrogens (tertiary/aromatic N) is 4. The minimum atomic E-state index is -0.794. The molecule has 0 bridgehead atoms. The van der Waals surface area contributed by atoms with Gasteiger partial charge in [0.1, 0.15) is 12.4 Å². The van der Waals surface area contributed by atoms with Gasteiger partial charge >= 0.3 is 0 Å². The lowest BCUT2D eigenvalue weighted by atomic mass is 9.94. The second-order valence-corrected chi connectivity index (χ2v) is 4.77. The smallest absolute Gasteiger partial charge is 0.275 e. The average Bonchev–Trinajstić information content (AvgIpc) is 2.93. The van der Waals surface area contributed by atoms with Gasteiger partial charge < -0.3 is 11.1 Å². The van der Waals surface area contributed by atoms with Gasteiger partial charge in [0.15, 0.2) is 0 Å². The molecule has 0 spiro atoms. The van der Waals surface area contributed by atoms with E-state index in [9.17, 15) is 14.9 Å². The quantitative estimate of drug-likeness (QED) is 0.641. The lowest BCUT2D eigenvalue weighted by Gasteiger charge is -2.27. The standard InChI is InChI=1S/C13H12N6O3/c1-7-10(12(14)20)11(18-13(17-7)15-6-16-18)8-4-2-3-5-9(8)19(21)22/h2-6,11H,1H3,(H2,14,20)(H,15,16,17)/t11-/m0/s1. The number of benzene rings is 1. The second kappa shape index (κ2) is 4.95. The van der Waals surface area contributed by atoms with Crippen LogP contribution < -0.4 is 11.1 Å². The first-order valence-electron chi connectivity index (χ1n) is 6.41. The topological polar surface area (TPSA) is 129 Å². The van der Waals surface area contributed by atoms with Gasteiger partial charge in [0.05, 0.1) is 16.1 Å². The molecule has 112 valence electrons. The molecule has 1 aromatic heterocycles. The number of carbonyl (C=O) groups is 1. The largest absolute Gasteiger partial charge is 0.366 e. The summed E-state index contributed by atoms with van der Waals surface area (Å²) in [6.07, 6.45) is 1.31. The maximum absolute atomic E-state index is 11.9. The number of anilines is 1. The van der Waals surface area contributed by atoms with Crippen molar-refractivity contribution in [3.05, 3.63) is 57.5 Å². The molecule has 9 nitrogen and oxygen atoms in total. The van der Waals surface area contributed by atoms with Gasteiger partial charge in [0, 0.05) is 11.8 Å². The highest BCUT2D eigenvalue weighted by molar-refractivity contribution is 5.95. The third-order valence-electron chi connectivity index (χ3n) is 3.49. The van der Waals surface area contributed by atoms with Crippen molar-refractivity contribution in [2.24, 2.45) is 5.73 Å². The summed E-state index contributed by atoms with van der Waals surface area (Å²) in [4.78, 5) is 26.7. The second-order valence-electron chi connectivity index (χ2n) is 4.77. The Morgan fingerprint density at radius 1 is 1.45 bits per heavy atom. The fraction of sp³-hybridized carbons (Fsp3) is 0.154. The molecule has 1 aliphatic rings. The first-order chi connectivity index (χ1) is 10.5. The van der Waals surface area contributed by atoms with Gasteiger partial charge in [-0.1, -0.05) is 12.1 Å². The highest BCUT2D eigenvalue weighted by Gasteiger charge is 2.35. The fourth-order valence-electron chi connectivity index (χ4n) is 2.58.